The molecule has 0 aliphatic heterocycles. The third-order valence-electron chi connectivity index (χ3n) is 3.27. The number of nitrogens with one attached hydrogen (secondary N) is 1. The Morgan fingerprint density at radius 3 is 2.72 bits per heavy atom. The van der Waals surface area contributed by atoms with E-state index in [9.17, 15) is 0 Å². The number of rotatable bonds is 7. The maximum absolute atomic E-state index is 9.11. The SMILES string of the molecule is CCCCCCC(C)Nc1c(C)cccc1C#N. The van der Waals surface area contributed by atoms with E-state index in [1.165, 1.54) is 32.1 Å². The third kappa shape index (κ3) is 4.41. The van der Waals surface area contributed by atoms with Crippen LogP contribution in [0.1, 0.15) is 57.1 Å². The molecule has 0 spiro atoms. The summed E-state index contributed by atoms with van der Waals surface area (Å²) in [5.74, 6) is 0. The molecule has 0 aliphatic rings. The summed E-state index contributed by atoms with van der Waals surface area (Å²) in [6.07, 6.45) is 6.33. The van der Waals surface area contributed by atoms with Gasteiger partial charge in [-0.2, -0.15) is 5.26 Å². The van der Waals surface area contributed by atoms with Gasteiger partial charge in [-0.3, -0.25) is 0 Å². The second-order valence-electron chi connectivity index (χ2n) is 5.00. The van der Waals surface area contributed by atoms with Crippen LogP contribution in [0.2, 0.25) is 0 Å². The van der Waals surface area contributed by atoms with E-state index in [1.807, 2.05) is 25.1 Å². The topological polar surface area (TPSA) is 35.8 Å². The molecule has 1 rings (SSSR count). The van der Waals surface area contributed by atoms with E-state index < -0.39 is 0 Å². The highest BCUT2D eigenvalue weighted by Gasteiger charge is 2.08. The highest BCUT2D eigenvalue weighted by Crippen LogP contribution is 2.21. The first kappa shape index (κ1) is 14.6. The number of nitriles is 1. The van der Waals surface area contributed by atoms with Crippen LogP contribution in [0.25, 0.3) is 0 Å². The molecule has 0 aromatic heterocycles. The molecule has 1 aromatic carbocycles. The van der Waals surface area contributed by atoms with Gasteiger partial charge in [-0.05, 0) is 31.9 Å². The van der Waals surface area contributed by atoms with Crippen LogP contribution >= 0.6 is 0 Å². The molecule has 1 N–H and O–H groups in total. The van der Waals surface area contributed by atoms with Gasteiger partial charge in [0.15, 0.2) is 0 Å². The fraction of sp³-hybridized carbons (Fsp3) is 0.562. The average Bonchev–Trinajstić information content (AvgIpc) is 2.37. The molecule has 0 saturated heterocycles. The zero-order chi connectivity index (χ0) is 13.4. The van der Waals surface area contributed by atoms with Crippen LogP contribution in [0, 0.1) is 18.3 Å². The molecule has 1 unspecified atom stereocenters. The molecule has 0 bridgehead atoms. The zero-order valence-corrected chi connectivity index (χ0v) is 11.8. The molecule has 0 radical (unpaired) electrons. The summed E-state index contributed by atoms with van der Waals surface area (Å²) in [5.41, 5.74) is 2.90. The maximum Gasteiger partial charge on any atom is 0.101 e. The Hall–Kier alpha value is -1.49. The third-order valence-corrected chi connectivity index (χ3v) is 3.27. The predicted molar refractivity (Wildman–Crippen MR) is 77.7 cm³/mol. The molecule has 0 amide bonds. The van der Waals surface area contributed by atoms with E-state index in [-0.39, 0.29) is 0 Å². The van der Waals surface area contributed by atoms with Crippen LogP contribution < -0.4 is 5.32 Å². The minimum atomic E-state index is 0.426. The van der Waals surface area contributed by atoms with Crippen LogP contribution in [0.4, 0.5) is 5.69 Å². The summed E-state index contributed by atoms with van der Waals surface area (Å²) < 4.78 is 0. The molecule has 18 heavy (non-hydrogen) atoms. The summed E-state index contributed by atoms with van der Waals surface area (Å²) in [7, 11) is 0. The van der Waals surface area contributed by atoms with Crippen molar-refractivity contribution in [2.45, 2.75) is 58.9 Å². The van der Waals surface area contributed by atoms with Gasteiger partial charge in [-0.15, -0.1) is 0 Å². The summed E-state index contributed by atoms with van der Waals surface area (Å²) in [4.78, 5) is 0. The standard InChI is InChI=1S/C16H24N2/c1-4-5-6-7-10-14(3)18-16-13(2)9-8-11-15(16)12-17/h8-9,11,14,18H,4-7,10H2,1-3H3. The Balaban J connectivity index is 2.54. The molecule has 1 aromatic rings. The number of unbranched alkanes of at least 4 members (excludes halogenated alkanes) is 3. The second-order valence-corrected chi connectivity index (χ2v) is 5.00. The Morgan fingerprint density at radius 2 is 2.06 bits per heavy atom. The lowest BCUT2D eigenvalue weighted by atomic mass is 10.1. The Labute approximate surface area is 111 Å². The summed E-state index contributed by atoms with van der Waals surface area (Å²) in [5, 5.41) is 12.6. The van der Waals surface area contributed by atoms with Gasteiger partial charge in [0.1, 0.15) is 6.07 Å². The summed E-state index contributed by atoms with van der Waals surface area (Å²) in [6.45, 7) is 6.47. The number of hydrogen-bond acceptors (Lipinski definition) is 2. The average molecular weight is 244 g/mol. The predicted octanol–water partition coefficient (Wildman–Crippen LogP) is 4.64. The first-order chi connectivity index (χ1) is 8.69. The fourth-order valence-corrected chi connectivity index (χ4v) is 2.15. The van der Waals surface area contributed by atoms with E-state index >= 15 is 0 Å². The molecule has 2 heteroatoms. The Kier molecular flexibility index (Phi) is 6.28. The van der Waals surface area contributed by atoms with Crippen molar-refractivity contribution in [3.8, 4) is 6.07 Å². The fourth-order valence-electron chi connectivity index (χ4n) is 2.15. The number of hydrogen-bond donors (Lipinski definition) is 1. The largest absolute Gasteiger partial charge is 0.381 e. The van der Waals surface area contributed by atoms with Crippen molar-refractivity contribution in [1.82, 2.24) is 0 Å². The van der Waals surface area contributed by atoms with Crippen LogP contribution in [-0.4, -0.2) is 6.04 Å². The molecule has 0 aliphatic carbocycles. The van der Waals surface area contributed by atoms with Crippen LogP contribution in [0.15, 0.2) is 18.2 Å². The van der Waals surface area contributed by atoms with Crippen LogP contribution in [0.3, 0.4) is 0 Å². The normalized spacial score (nSPS) is 11.9. The quantitative estimate of drug-likeness (QED) is 0.709. The van der Waals surface area contributed by atoms with Crippen molar-refractivity contribution in [1.29, 1.82) is 5.26 Å². The number of aryl methyl sites for hydroxylation is 1. The maximum atomic E-state index is 9.11. The minimum absolute atomic E-state index is 0.426. The first-order valence-electron chi connectivity index (χ1n) is 6.95. The number of para-hydroxylation sites is 1. The lowest BCUT2D eigenvalue weighted by Crippen LogP contribution is -2.16. The van der Waals surface area contributed by atoms with Crippen molar-refractivity contribution in [3.63, 3.8) is 0 Å². The number of benzene rings is 1. The monoisotopic (exact) mass is 244 g/mol. The van der Waals surface area contributed by atoms with E-state index in [4.69, 9.17) is 5.26 Å². The number of nitrogens with zero attached hydrogens (tertiary/aromatic N) is 1. The lowest BCUT2D eigenvalue weighted by molar-refractivity contribution is 0.594. The highest BCUT2D eigenvalue weighted by atomic mass is 14.9. The molecular weight excluding hydrogens is 220 g/mol. The van der Waals surface area contributed by atoms with E-state index in [1.54, 1.807) is 0 Å². The Morgan fingerprint density at radius 1 is 1.28 bits per heavy atom. The van der Waals surface area contributed by atoms with Gasteiger partial charge in [-0.25, -0.2) is 0 Å². The first-order valence-corrected chi connectivity index (χ1v) is 6.95. The molecule has 1 atom stereocenters. The van der Waals surface area contributed by atoms with Gasteiger partial charge < -0.3 is 5.32 Å². The summed E-state index contributed by atoms with van der Waals surface area (Å²) >= 11 is 0. The molecule has 0 saturated carbocycles. The lowest BCUT2D eigenvalue weighted by Gasteiger charge is -2.18. The van der Waals surface area contributed by atoms with Gasteiger partial charge in [0, 0.05) is 6.04 Å². The van der Waals surface area contributed by atoms with Crippen molar-refractivity contribution < 1.29 is 0 Å². The van der Waals surface area contributed by atoms with E-state index in [0.29, 0.717) is 6.04 Å². The van der Waals surface area contributed by atoms with Gasteiger partial charge in [0.25, 0.3) is 0 Å². The smallest absolute Gasteiger partial charge is 0.101 e. The van der Waals surface area contributed by atoms with Gasteiger partial charge in [-0.1, -0.05) is 44.7 Å². The van der Waals surface area contributed by atoms with Crippen molar-refractivity contribution in [2.24, 2.45) is 0 Å². The zero-order valence-electron chi connectivity index (χ0n) is 11.8. The minimum Gasteiger partial charge on any atom is -0.381 e. The number of anilines is 1. The molecule has 2 nitrogen and oxygen atoms in total. The van der Waals surface area contributed by atoms with Crippen molar-refractivity contribution in [3.05, 3.63) is 29.3 Å². The molecular formula is C16H24N2. The van der Waals surface area contributed by atoms with Crippen molar-refractivity contribution in [2.75, 3.05) is 5.32 Å². The van der Waals surface area contributed by atoms with E-state index in [2.05, 4.69) is 25.2 Å². The molecule has 0 heterocycles. The van der Waals surface area contributed by atoms with Gasteiger partial charge >= 0.3 is 0 Å². The second kappa shape index (κ2) is 7.76. The van der Waals surface area contributed by atoms with Crippen LogP contribution in [0.5, 0.6) is 0 Å². The van der Waals surface area contributed by atoms with Gasteiger partial charge in [0.2, 0.25) is 0 Å². The van der Waals surface area contributed by atoms with Gasteiger partial charge in [0.05, 0.1) is 11.3 Å². The highest BCUT2D eigenvalue weighted by molar-refractivity contribution is 5.62. The molecule has 98 valence electrons. The summed E-state index contributed by atoms with van der Waals surface area (Å²) in [6, 6.07) is 8.54. The van der Waals surface area contributed by atoms with Crippen LogP contribution in [-0.2, 0) is 0 Å². The van der Waals surface area contributed by atoms with Crippen molar-refractivity contribution >= 4 is 5.69 Å². The molecule has 0 fully saturated rings. The van der Waals surface area contributed by atoms with E-state index in [0.717, 1.165) is 16.8 Å². The Bertz CT molecular complexity index is 404.